The molecular formula is C14H18. The Kier molecular flexibility index (Phi) is 4.18. The third kappa shape index (κ3) is 3.21. The quantitative estimate of drug-likeness (QED) is 0.612. The molecule has 74 valence electrons. The van der Waals surface area contributed by atoms with E-state index in [0.717, 1.165) is 6.42 Å². The molecule has 0 aliphatic rings. The van der Waals surface area contributed by atoms with Crippen LogP contribution in [0.15, 0.2) is 47.6 Å². The minimum atomic E-state index is 1.10. The molecule has 0 aliphatic heterocycles. The van der Waals surface area contributed by atoms with Gasteiger partial charge in [-0.25, -0.2) is 0 Å². The van der Waals surface area contributed by atoms with E-state index in [4.69, 9.17) is 0 Å². The average molecular weight is 186 g/mol. The second kappa shape index (κ2) is 5.43. The fourth-order valence-electron chi connectivity index (χ4n) is 1.40. The first-order valence-corrected chi connectivity index (χ1v) is 5.13. The van der Waals surface area contributed by atoms with Gasteiger partial charge >= 0.3 is 0 Å². The van der Waals surface area contributed by atoms with Crippen molar-refractivity contribution >= 4 is 6.08 Å². The minimum Gasteiger partial charge on any atom is -0.0732 e. The molecule has 0 amide bonds. The van der Waals surface area contributed by atoms with Gasteiger partial charge in [-0.1, -0.05) is 55.0 Å². The van der Waals surface area contributed by atoms with Crippen LogP contribution >= 0.6 is 0 Å². The van der Waals surface area contributed by atoms with Crippen molar-refractivity contribution in [3.63, 3.8) is 0 Å². The molecule has 1 aromatic carbocycles. The van der Waals surface area contributed by atoms with Gasteiger partial charge in [-0.3, -0.25) is 0 Å². The molecule has 1 aromatic rings. The third-order valence-corrected chi connectivity index (χ3v) is 2.30. The first kappa shape index (κ1) is 10.8. The molecule has 0 bridgehead atoms. The predicted molar refractivity (Wildman–Crippen MR) is 64.1 cm³/mol. The summed E-state index contributed by atoms with van der Waals surface area (Å²) >= 11 is 0. The largest absolute Gasteiger partial charge is 0.0732 e. The van der Waals surface area contributed by atoms with Crippen molar-refractivity contribution in [2.45, 2.75) is 27.2 Å². The van der Waals surface area contributed by atoms with Gasteiger partial charge in [0.1, 0.15) is 0 Å². The number of hydrogen-bond acceptors (Lipinski definition) is 0. The average Bonchev–Trinajstić information content (AvgIpc) is 2.20. The summed E-state index contributed by atoms with van der Waals surface area (Å²) < 4.78 is 0. The SMILES string of the molecule is CCC(C=Cc1ccccc1)=C(C)C. The van der Waals surface area contributed by atoms with Gasteiger partial charge in [0.2, 0.25) is 0 Å². The normalized spacial score (nSPS) is 10.5. The Labute approximate surface area is 87.0 Å². The van der Waals surface area contributed by atoms with Gasteiger partial charge in [-0.2, -0.15) is 0 Å². The Morgan fingerprint density at radius 2 is 1.79 bits per heavy atom. The van der Waals surface area contributed by atoms with Crippen LogP contribution in [0.1, 0.15) is 32.8 Å². The van der Waals surface area contributed by atoms with E-state index in [-0.39, 0.29) is 0 Å². The summed E-state index contributed by atoms with van der Waals surface area (Å²) in [4.78, 5) is 0. The lowest BCUT2D eigenvalue weighted by Crippen LogP contribution is -1.79. The number of allylic oxidation sites excluding steroid dienone is 3. The Hall–Kier alpha value is -1.30. The summed E-state index contributed by atoms with van der Waals surface area (Å²) in [6.07, 6.45) is 5.49. The molecule has 0 unspecified atom stereocenters. The van der Waals surface area contributed by atoms with Gasteiger partial charge in [-0.15, -0.1) is 0 Å². The highest BCUT2D eigenvalue weighted by Gasteiger charge is 1.90. The topological polar surface area (TPSA) is 0 Å². The first-order valence-electron chi connectivity index (χ1n) is 5.13. The summed E-state index contributed by atoms with van der Waals surface area (Å²) in [6, 6.07) is 10.4. The highest BCUT2D eigenvalue weighted by atomic mass is 14.0. The van der Waals surface area contributed by atoms with Gasteiger partial charge in [0.25, 0.3) is 0 Å². The van der Waals surface area contributed by atoms with Crippen molar-refractivity contribution < 1.29 is 0 Å². The molecule has 0 aromatic heterocycles. The molecule has 0 spiro atoms. The molecule has 0 saturated carbocycles. The molecule has 0 fully saturated rings. The number of benzene rings is 1. The van der Waals surface area contributed by atoms with Crippen molar-refractivity contribution in [2.75, 3.05) is 0 Å². The van der Waals surface area contributed by atoms with Gasteiger partial charge in [0.05, 0.1) is 0 Å². The maximum atomic E-state index is 2.21. The lowest BCUT2D eigenvalue weighted by Gasteiger charge is -2.00. The molecule has 0 N–H and O–H groups in total. The molecule has 1 rings (SSSR count). The Morgan fingerprint density at radius 3 is 2.29 bits per heavy atom. The summed E-state index contributed by atoms with van der Waals surface area (Å²) in [6.45, 7) is 6.51. The lowest BCUT2D eigenvalue weighted by atomic mass is 10.1. The minimum absolute atomic E-state index is 1.10. The van der Waals surface area contributed by atoms with Crippen LogP contribution in [0.25, 0.3) is 6.08 Å². The van der Waals surface area contributed by atoms with Crippen molar-refractivity contribution in [1.29, 1.82) is 0 Å². The summed E-state index contributed by atoms with van der Waals surface area (Å²) in [5, 5.41) is 0. The maximum Gasteiger partial charge on any atom is -0.0257 e. The van der Waals surface area contributed by atoms with Crippen molar-refractivity contribution in [2.24, 2.45) is 0 Å². The van der Waals surface area contributed by atoms with E-state index in [1.807, 2.05) is 6.07 Å². The smallest absolute Gasteiger partial charge is 0.0257 e. The summed E-state index contributed by atoms with van der Waals surface area (Å²) in [5.41, 5.74) is 4.09. The number of rotatable bonds is 3. The van der Waals surface area contributed by atoms with E-state index in [9.17, 15) is 0 Å². The zero-order chi connectivity index (χ0) is 10.4. The molecule has 14 heavy (non-hydrogen) atoms. The van der Waals surface area contributed by atoms with Crippen molar-refractivity contribution in [1.82, 2.24) is 0 Å². The molecule has 0 nitrogen and oxygen atoms in total. The van der Waals surface area contributed by atoms with Gasteiger partial charge < -0.3 is 0 Å². The van der Waals surface area contributed by atoms with Crippen molar-refractivity contribution in [3.05, 3.63) is 53.1 Å². The molecule has 0 radical (unpaired) electrons. The van der Waals surface area contributed by atoms with E-state index in [1.165, 1.54) is 16.7 Å². The van der Waals surface area contributed by atoms with Crippen LogP contribution in [0, 0.1) is 0 Å². The second-order valence-corrected chi connectivity index (χ2v) is 3.62. The third-order valence-electron chi connectivity index (χ3n) is 2.30. The Morgan fingerprint density at radius 1 is 1.14 bits per heavy atom. The van der Waals surface area contributed by atoms with Crippen LogP contribution in [-0.2, 0) is 0 Å². The Balaban J connectivity index is 2.78. The van der Waals surface area contributed by atoms with Crippen molar-refractivity contribution in [3.8, 4) is 0 Å². The van der Waals surface area contributed by atoms with Crippen LogP contribution in [0.2, 0.25) is 0 Å². The molecule has 0 heterocycles. The monoisotopic (exact) mass is 186 g/mol. The fourth-order valence-corrected chi connectivity index (χ4v) is 1.40. The number of hydrogen-bond donors (Lipinski definition) is 0. The fraction of sp³-hybridized carbons (Fsp3) is 0.286. The van der Waals surface area contributed by atoms with E-state index < -0.39 is 0 Å². The standard InChI is InChI=1S/C14H18/c1-4-14(12(2)3)11-10-13-8-6-5-7-9-13/h5-11H,4H2,1-3H3. The molecule has 0 atom stereocenters. The van der Waals surface area contributed by atoms with Gasteiger partial charge in [0, 0.05) is 0 Å². The van der Waals surface area contributed by atoms with E-state index in [2.05, 4.69) is 57.2 Å². The van der Waals surface area contributed by atoms with Crippen LogP contribution in [0.5, 0.6) is 0 Å². The Bertz CT molecular complexity index is 324. The molecule has 0 aliphatic carbocycles. The lowest BCUT2D eigenvalue weighted by molar-refractivity contribution is 1.10. The zero-order valence-corrected chi connectivity index (χ0v) is 9.25. The van der Waals surface area contributed by atoms with Crippen LogP contribution in [0.4, 0.5) is 0 Å². The second-order valence-electron chi connectivity index (χ2n) is 3.62. The maximum absolute atomic E-state index is 2.21. The zero-order valence-electron chi connectivity index (χ0n) is 9.25. The van der Waals surface area contributed by atoms with Gasteiger partial charge in [0.15, 0.2) is 0 Å². The molecular weight excluding hydrogens is 168 g/mol. The van der Waals surface area contributed by atoms with Crippen LogP contribution in [-0.4, -0.2) is 0 Å². The summed E-state index contributed by atoms with van der Waals surface area (Å²) in [5.74, 6) is 0. The highest BCUT2D eigenvalue weighted by Crippen LogP contribution is 2.11. The van der Waals surface area contributed by atoms with E-state index in [0.29, 0.717) is 0 Å². The predicted octanol–water partition coefficient (Wildman–Crippen LogP) is 4.45. The molecule has 0 saturated heterocycles. The van der Waals surface area contributed by atoms with Gasteiger partial charge in [-0.05, 0) is 31.4 Å². The van der Waals surface area contributed by atoms with Crippen LogP contribution in [0.3, 0.4) is 0 Å². The van der Waals surface area contributed by atoms with E-state index >= 15 is 0 Å². The van der Waals surface area contributed by atoms with E-state index in [1.54, 1.807) is 0 Å². The summed E-state index contributed by atoms with van der Waals surface area (Å²) in [7, 11) is 0. The van der Waals surface area contributed by atoms with Crippen LogP contribution < -0.4 is 0 Å². The highest BCUT2D eigenvalue weighted by molar-refractivity contribution is 5.53. The molecule has 0 heteroatoms. The first-order chi connectivity index (χ1) is 6.74.